The summed E-state index contributed by atoms with van der Waals surface area (Å²) in [5, 5.41) is 28.6. The molecule has 0 aliphatic heterocycles. The van der Waals surface area contributed by atoms with Gasteiger partial charge in [-0.3, -0.25) is 0 Å². The molecule has 0 spiro atoms. The fourth-order valence-corrected chi connectivity index (χ4v) is 0. The third-order valence-corrected chi connectivity index (χ3v) is 0. The van der Waals surface area contributed by atoms with Crippen LogP contribution < -0.4 is 15.3 Å². The maximum absolute atomic E-state index is 9.53. The van der Waals surface area contributed by atoms with Crippen LogP contribution in [-0.2, 0) is 0 Å². The van der Waals surface area contributed by atoms with Crippen LogP contribution in [0.25, 0.3) is 0 Å². The van der Waals surface area contributed by atoms with E-state index in [0.29, 0.717) is 0 Å². The van der Waals surface area contributed by atoms with E-state index in [4.69, 9.17) is 0 Å². The molecule has 0 aliphatic carbocycles. The molecule has 0 aliphatic rings. The second-order valence-corrected chi connectivity index (χ2v) is 3.15. The van der Waals surface area contributed by atoms with Gasteiger partial charge in [-0.25, -0.2) is 0 Å². The van der Waals surface area contributed by atoms with Gasteiger partial charge >= 0.3 is 24.4 Å². The first-order chi connectivity index (χ1) is 5.20. The summed E-state index contributed by atoms with van der Waals surface area (Å²) in [5.74, 6) is 0. The van der Waals surface area contributed by atoms with E-state index in [1.807, 2.05) is 0 Å². The standard InChI is InChI=1S/3C3H7O.Sb/c3*1-3(2)4;/h3*3H,1-2H3;/q3*-1;+3. The van der Waals surface area contributed by atoms with E-state index in [1.165, 1.54) is 0 Å². The molecule has 80 valence electrons. The second kappa shape index (κ2) is 18.5. The smallest absolute Gasteiger partial charge is 0.852 e. The Morgan fingerprint density at radius 3 is 0.538 bits per heavy atom. The number of hydrogen-bond acceptors (Lipinski definition) is 3. The second-order valence-electron chi connectivity index (χ2n) is 3.15. The maximum Gasteiger partial charge on any atom is 3.00 e. The number of rotatable bonds is 0. The largest absolute Gasteiger partial charge is 3.00 e. The predicted octanol–water partition coefficient (Wildman–Crippen LogP) is -1.12. The Kier molecular flexibility index (Phi) is 33.4. The molecule has 0 aromatic rings. The van der Waals surface area contributed by atoms with Gasteiger partial charge in [0.05, 0.1) is 0 Å². The van der Waals surface area contributed by atoms with E-state index in [9.17, 15) is 15.3 Å². The Bertz CT molecular complexity index is 43.4. The molecule has 0 aromatic heterocycles. The van der Waals surface area contributed by atoms with Crippen LogP contribution >= 0.6 is 0 Å². The molecule has 0 atom stereocenters. The maximum atomic E-state index is 9.53. The average Bonchev–Trinajstić information content (AvgIpc) is 1.54. The molecule has 0 aromatic carbocycles. The molecule has 0 amide bonds. The minimum Gasteiger partial charge on any atom is -0.852 e. The van der Waals surface area contributed by atoms with Crippen LogP contribution in [0.3, 0.4) is 0 Å². The zero-order valence-electron chi connectivity index (χ0n) is 9.40. The first-order valence-electron chi connectivity index (χ1n) is 4.17. The Hall–Kier alpha value is 0.698. The molecule has 0 unspecified atom stereocenters. The summed E-state index contributed by atoms with van der Waals surface area (Å²) in [6, 6.07) is 0. The Morgan fingerprint density at radius 1 is 0.538 bits per heavy atom. The molecule has 4 heteroatoms. The Balaban J connectivity index is -0.0000000450. The van der Waals surface area contributed by atoms with Crippen LogP contribution in [0.15, 0.2) is 0 Å². The van der Waals surface area contributed by atoms with Gasteiger partial charge in [-0.2, -0.15) is 0 Å². The van der Waals surface area contributed by atoms with Crippen molar-refractivity contribution in [2.45, 2.75) is 59.9 Å². The van der Waals surface area contributed by atoms with Crippen molar-refractivity contribution >= 4 is 24.4 Å². The first-order valence-corrected chi connectivity index (χ1v) is 4.17. The van der Waals surface area contributed by atoms with Gasteiger partial charge in [-0.15, -0.1) is 18.3 Å². The summed E-state index contributed by atoms with van der Waals surface area (Å²) in [6.45, 7) is 9.67. The van der Waals surface area contributed by atoms with E-state index in [0.717, 1.165) is 0 Å². The van der Waals surface area contributed by atoms with Gasteiger partial charge in [0.2, 0.25) is 0 Å². The van der Waals surface area contributed by atoms with Gasteiger partial charge in [0.1, 0.15) is 0 Å². The monoisotopic (exact) mass is 298 g/mol. The summed E-state index contributed by atoms with van der Waals surface area (Å²) in [6.07, 6.45) is -1.25. The van der Waals surface area contributed by atoms with Crippen molar-refractivity contribution in [1.29, 1.82) is 0 Å². The normalized spacial score (nSPS) is 8.31. The molecule has 2 radical (unpaired) electrons. The van der Waals surface area contributed by atoms with E-state index < -0.39 is 18.3 Å². The summed E-state index contributed by atoms with van der Waals surface area (Å²) in [7, 11) is 0. The van der Waals surface area contributed by atoms with Crippen LogP contribution in [0.2, 0.25) is 0 Å². The Morgan fingerprint density at radius 2 is 0.538 bits per heavy atom. The Labute approximate surface area is 99.6 Å². The number of hydrogen-bond donors (Lipinski definition) is 0. The molecule has 0 saturated carbocycles. The quantitative estimate of drug-likeness (QED) is 0.532. The van der Waals surface area contributed by atoms with E-state index in [2.05, 4.69) is 0 Å². The van der Waals surface area contributed by atoms with Crippen molar-refractivity contribution in [3.63, 3.8) is 0 Å². The topological polar surface area (TPSA) is 69.2 Å². The molecule has 13 heavy (non-hydrogen) atoms. The minimum atomic E-state index is -0.417. The van der Waals surface area contributed by atoms with E-state index in [-0.39, 0.29) is 24.4 Å². The van der Waals surface area contributed by atoms with Gasteiger partial charge < -0.3 is 15.3 Å². The van der Waals surface area contributed by atoms with Crippen molar-refractivity contribution in [3.05, 3.63) is 0 Å². The van der Waals surface area contributed by atoms with Gasteiger partial charge in [-0.1, -0.05) is 41.5 Å². The van der Waals surface area contributed by atoms with Crippen LogP contribution in [0, 0.1) is 0 Å². The molecular formula is C9H21O3Sb. The van der Waals surface area contributed by atoms with Gasteiger partial charge in [0.25, 0.3) is 0 Å². The third kappa shape index (κ3) is 2980. The third-order valence-electron chi connectivity index (χ3n) is 0. The summed E-state index contributed by atoms with van der Waals surface area (Å²) in [4.78, 5) is 0. The van der Waals surface area contributed by atoms with Crippen molar-refractivity contribution in [2.75, 3.05) is 0 Å². The molecule has 0 N–H and O–H groups in total. The van der Waals surface area contributed by atoms with Crippen molar-refractivity contribution < 1.29 is 15.3 Å². The molecule has 0 fully saturated rings. The molecule has 0 saturated heterocycles. The average molecular weight is 299 g/mol. The van der Waals surface area contributed by atoms with Crippen LogP contribution in [0.4, 0.5) is 0 Å². The predicted molar refractivity (Wildman–Crippen MR) is 51.2 cm³/mol. The van der Waals surface area contributed by atoms with Gasteiger partial charge in [-0.05, 0) is 0 Å². The van der Waals surface area contributed by atoms with Crippen molar-refractivity contribution in [3.8, 4) is 0 Å². The van der Waals surface area contributed by atoms with Crippen molar-refractivity contribution in [2.24, 2.45) is 0 Å². The SMILES string of the molecule is CC(C)[O-].CC(C)[O-].CC(C)[O-].[Sb+3]. The summed E-state index contributed by atoms with van der Waals surface area (Å²) < 4.78 is 0. The first kappa shape index (κ1) is 23.5. The molecule has 3 nitrogen and oxygen atoms in total. The van der Waals surface area contributed by atoms with Gasteiger partial charge in [0.15, 0.2) is 0 Å². The molecular weight excluding hydrogens is 278 g/mol. The van der Waals surface area contributed by atoms with Gasteiger partial charge in [0, 0.05) is 0 Å². The minimum absolute atomic E-state index is 0. The van der Waals surface area contributed by atoms with Crippen LogP contribution in [-0.4, -0.2) is 42.7 Å². The molecule has 0 bridgehead atoms. The zero-order chi connectivity index (χ0) is 10.7. The molecule has 0 heterocycles. The zero-order valence-corrected chi connectivity index (χ0v) is 12.0. The molecule has 0 rings (SSSR count). The summed E-state index contributed by atoms with van der Waals surface area (Å²) in [5.41, 5.74) is 0. The van der Waals surface area contributed by atoms with E-state index in [1.54, 1.807) is 41.5 Å². The fourth-order valence-electron chi connectivity index (χ4n) is 0. The van der Waals surface area contributed by atoms with Crippen LogP contribution in [0.5, 0.6) is 0 Å². The summed E-state index contributed by atoms with van der Waals surface area (Å²) >= 11 is 0. The van der Waals surface area contributed by atoms with E-state index >= 15 is 0 Å². The van der Waals surface area contributed by atoms with Crippen LogP contribution in [0.1, 0.15) is 41.5 Å². The van der Waals surface area contributed by atoms with Crippen molar-refractivity contribution in [1.82, 2.24) is 0 Å². The fraction of sp³-hybridized carbons (Fsp3) is 1.00.